The second-order valence-corrected chi connectivity index (χ2v) is 9.16. The van der Waals surface area contributed by atoms with Crippen LogP contribution in [0.25, 0.3) is 22.3 Å². The van der Waals surface area contributed by atoms with E-state index in [1.165, 1.54) is 19.2 Å². The first kappa shape index (κ1) is 21.4. The highest BCUT2D eigenvalue weighted by Gasteiger charge is 2.25. The van der Waals surface area contributed by atoms with Gasteiger partial charge in [-0.1, -0.05) is 11.6 Å². The van der Waals surface area contributed by atoms with E-state index < -0.39 is 0 Å². The maximum atomic E-state index is 13.1. The number of benzene rings is 1. The number of piperidine rings is 1. The minimum atomic E-state index is -0.165. The summed E-state index contributed by atoms with van der Waals surface area (Å²) in [5, 5.41) is 3.11. The quantitative estimate of drug-likeness (QED) is 0.603. The number of nitrogens with one attached hydrogen (secondary N) is 2. The zero-order valence-electron chi connectivity index (χ0n) is 19.1. The largest absolute Gasteiger partial charge is 0.493 e. The Balaban J connectivity index is 1.39. The van der Waals surface area contributed by atoms with Crippen molar-refractivity contribution in [2.24, 2.45) is 5.92 Å². The van der Waals surface area contributed by atoms with Crippen LogP contribution in [-0.2, 0) is 4.79 Å². The van der Waals surface area contributed by atoms with Crippen LogP contribution in [0.1, 0.15) is 48.5 Å². The summed E-state index contributed by atoms with van der Waals surface area (Å²) in [6, 6.07) is 6.13. The van der Waals surface area contributed by atoms with Crippen molar-refractivity contribution in [3.05, 3.63) is 41.9 Å². The molecule has 0 radical (unpaired) electrons. The molecule has 2 fully saturated rings. The fourth-order valence-electron chi connectivity index (χ4n) is 4.37. The van der Waals surface area contributed by atoms with Crippen LogP contribution in [0.3, 0.4) is 0 Å². The van der Waals surface area contributed by atoms with Crippen LogP contribution in [0.5, 0.6) is 5.75 Å². The Morgan fingerprint density at radius 1 is 1.18 bits per heavy atom. The second kappa shape index (κ2) is 8.84. The van der Waals surface area contributed by atoms with Crippen LogP contribution in [0.4, 0.5) is 0 Å². The van der Waals surface area contributed by atoms with Crippen molar-refractivity contribution < 1.29 is 14.3 Å². The molecule has 2 N–H and O–H groups in total. The number of amides is 2. The molecule has 1 aromatic carbocycles. The van der Waals surface area contributed by atoms with E-state index in [-0.39, 0.29) is 17.9 Å². The predicted molar refractivity (Wildman–Crippen MR) is 125 cm³/mol. The molecule has 0 atom stereocenters. The number of carbonyl (C=O) groups is 2. The van der Waals surface area contributed by atoms with E-state index in [9.17, 15) is 9.59 Å². The van der Waals surface area contributed by atoms with E-state index >= 15 is 0 Å². The standard InChI is InChI=1S/C25H29N5O3/c1-15-3-6-21(33-13-17-4-5-17)19(11-15)22-24-23(28-14-27-22)20(12-26-24)25(32)29-18-7-9-30(10-8-18)16(2)31/h3,6,11-12,14,17-18,26H,4-5,7-10,13H2,1-2H3,(H,29,32). The molecule has 1 saturated carbocycles. The third-order valence-corrected chi connectivity index (χ3v) is 6.55. The summed E-state index contributed by atoms with van der Waals surface area (Å²) in [5.74, 6) is 1.36. The van der Waals surface area contributed by atoms with Gasteiger partial charge in [0.05, 0.1) is 17.7 Å². The maximum absolute atomic E-state index is 13.1. The van der Waals surface area contributed by atoms with E-state index in [1.54, 1.807) is 13.1 Å². The predicted octanol–water partition coefficient (Wildman–Crippen LogP) is 3.46. The first-order chi connectivity index (χ1) is 16.0. The molecule has 1 aliphatic carbocycles. The molecule has 2 aromatic heterocycles. The molecule has 0 spiro atoms. The molecule has 8 heteroatoms. The van der Waals surface area contributed by atoms with Crippen LogP contribution in [-0.4, -0.2) is 57.4 Å². The summed E-state index contributed by atoms with van der Waals surface area (Å²) in [4.78, 5) is 38.6. The molecule has 2 aliphatic rings. The Kier molecular flexibility index (Phi) is 5.74. The number of likely N-dealkylation sites (tertiary alicyclic amines) is 1. The monoisotopic (exact) mass is 447 g/mol. The van der Waals surface area contributed by atoms with E-state index in [0.29, 0.717) is 36.7 Å². The SMILES string of the molecule is CC(=O)N1CCC(NC(=O)c2c[nH]c3c(-c4cc(C)ccc4OCC4CC4)ncnc23)CC1. The van der Waals surface area contributed by atoms with E-state index in [0.717, 1.165) is 40.9 Å². The Labute approximate surface area is 192 Å². The summed E-state index contributed by atoms with van der Waals surface area (Å²) in [5.41, 5.74) is 4.54. The Morgan fingerprint density at radius 2 is 1.97 bits per heavy atom. The Bertz CT molecular complexity index is 1190. The normalized spacial score (nSPS) is 16.7. The lowest BCUT2D eigenvalue weighted by Gasteiger charge is -2.31. The lowest BCUT2D eigenvalue weighted by Crippen LogP contribution is -2.45. The molecule has 1 aliphatic heterocycles. The average molecular weight is 448 g/mol. The van der Waals surface area contributed by atoms with Gasteiger partial charge < -0.3 is 19.9 Å². The molecule has 0 bridgehead atoms. The van der Waals surface area contributed by atoms with Gasteiger partial charge in [0, 0.05) is 37.8 Å². The molecule has 8 nitrogen and oxygen atoms in total. The number of H-pyrrole nitrogens is 1. The molecule has 33 heavy (non-hydrogen) atoms. The lowest BCUT2D eigenvalue weighted by atomic mass is 10.0. The van der Waals surface area contributed by atoms with Gasteiger partial charge in [0.2, 0.25) is 5.91 Å². The van der Waals surface area contributed by atoms with Gasteiger partial charge in [0.1, 0.15) is 23.3 Å². The third kappa shape index (κ3) is 4.55. The first-order valence-electron chi connectivity index (χ1n) is 11.6. The van der Waals surface area contributed by atoms with E-state index in [4.69, 9.17) is 4.74 Å². The lowest BCUT2D eigenvalue weighted by molar-refractivity contribution is -0.129. The summed E-state index contributed by atoms with van der Waals surface area (Å²) in [6.07, 6.45) is 7.14. The van der Waals surface area contributed by atoms with Crippen molar-refractivity contribution in [3.63, 3.8) is 0 Å². The van der Waals surface area contributed by atoms with Gasteiger partial charge in [-0.25, -0.2) is 9.97 Å². The topological polar surface area (TPSA) is 100 Å². The van der Waals surface area contributed by atoms with Crippen molar-refractivity contribution in [1.82, 2.24) is 25.2 Å². The van der Waals surface area contributed by atoms with Gasteiger partial charge in [0.25, 0.3) is 5.91 Å². The number of hydrogen-bond acceptors (Lipinski definition) is 5. The molecule has 5 rings (SSSR count). The van der Waals surface area contributed by atoms with Crippen molar-refractivity contribution in [2.75, 3.05) is 19.7 Å². The minimum Gasteiger partial charge on any atom is -0.493 e. The zero-order valence-corrected chi connectivity index (χ0v) is 19.1. The van der Waals surface area contributed by atoms with Gasteiger partial charge in [0.15, 0.2) is 0 Å². The Hall–Kier alpha value is -3.42. The number of nitrogens with zero attached hydrogens (tertiary/aromatic N) is 3. The summed E-state index contributed by atoms with van der Waals surface area (Å²) >= 11 is 0. The number of ether oxygens (including phenoxy) is 1. The number of aryl methyl sites for hydroxylation is 1. The summed E-state index contributed by atoms with van der Waals surface area (Å²) < 4.78 is 6.12. The van der Waals surface area contributed by atoms with Crippen LogP contribution in [0.2, 0.25) is 0 Å². The molecule has 3 heterocycles. The third-order valence-electron chi connectivity index (χ3n) is 6.55. The van der Waals surface area contributed by atoms with E-state index in [1.807, 2.05) is 24.0 Å². The fourth-order valence-corrected chi connectivity index (χ4v) is 4.37. The molecular weight excluding hydrogens is 418 g/mol. The fraction of sp³-hybridized carbons (Fsp3) is 0.440. The number of aromatic nitrogens is 3. The maximum Gasteiger partial charge on any atom is 0.255 e. The highest BCUT2D eigenvalue weighted by atomic mass is 16.5. The molecule has 172 valence electrons. The average Bonchev–Trinajstić information content (AvgIpc) is 3.54. The molecule has 3 aromatic rings. The van der Waals surface area contributed by atoms with E-state index in [2.05, 4.69) is 26.3 Å². The van der Waals surface area contributed by atoms with Gasteiger partial charge >= 0.3 is 0 Å². The molecule has 0 unspecified atom stereocenters. The zero-order chi connectivity index (χ0) is 22.9. The van der Waals surface area contributed by atoms with Crippen LogP contribution in [0.15, 0.2) is 30.7 Å². The highest BCUT2D eigenvalue weighted by Crippen LogP contribution is 2.36. The molecule has 1 saturated heterocycles. The number of rotatable bonds is 6. The van der Waals surface area contributed by atoms with Gasteiger partial charge in [-0.2, -0.15) is 0 Å². The number of aromatic amines is 1. The van der Waals surface area contributed by atoms with Gasteiger partial charge in [-0.3, -0.25) is 9.59 Å². The van der Waals surface area contributed by atoms with Crippen molar-refractivity contribution in [2.45, 2.75) is 45.6 Å². The van der Waals surface area contributed by atoms with Gasteiger partial charge in [-0.15, -0.1) is 0 Å². The number of fused-ring (bicyclic) bond motifs is 1. The second-order valence-electron chi connectivity index (χ2n) is 9.16. The molecule has 2 amide bonds. The van der Waals surface area contributed by atoms with Crippen LogP contribution < -0.4 is 10.1 Å². The van der Waals surface area contributed by atoms with Crippen LogP contribution in [0, 0.1) is 12.8 Å². The number of carbonyl (C=O) groups excluding carboxylic acids is 2. The summed E-state index contributed by atoms with van der Waals surface area (Å²) in [6.45, 7) is 5.66. The minimum absolute atomic E-state index is 0.0403. The highest BCUT2D eigenvalue weighted by molar-refractivity contribution is 6.08. The molecular formula is C25H29N5O3. The number of hydrogen-bond donors (Lipinski definition) is 2. The van der Waals surface area contributed by atoms with Gasteiger partial charge in [-0.05, 0) is 50.7 Å². The smallest absolute Gasteiger partial charge is 0.255 e. The van der Waals surface area contributed by atoms with Crippen molar-refractivity contribution >= 4 is 22.8 Å². The Morgan fingerprint density at radius 3 is 2.70 bits per heavy atom. The van der Waals surface area contributed by atoms with Crippen molar-refractivity contribution in [3.8, 4) is 17.0 Å². The first-order valence-corrected chi connectivity index (χ1v) is 11.6. The van der Waals surface area contributed by atoms with Crippen molar-refractivity contribution in [1.29, 1.82) is 0 Å². The summed E-state index contributed by atoms with van der Waals surface area (Å²) in [7, 11) is 0. The van der Waals surface area contributed by atoms with Crippen LogP contribution >= 0.6 is 0 Å².